The van der Waals surface area contributed by atoms with Gasteiger partial charge in [0.2, 0.25) is 0 Å². The number of anilines is 2. The van der Waals surface area contributed by atoms with E-state index in [2.05, 4.69) is 10.3 Å². The monoisotopic (exact) mass is 297 g/mol. The van der Waals surface area contributed by atoms with Crippen molar-refractivity contribution in [2.75, 3.05) is 5.32 Å². The maximum absolute atomic E-state index is 12.0. The number of nitro groups is 1. The van der Waals surface area contributed by atoms with E-state index < -0.39 is 10.5 Å². The van der Waals surface area contributed by atoms with Crippen LogP contribution in [-0.2, 0) is 0 Å². The molecule has 0 atom stereocenters. The first-order chi connectivity index (χ1) is 10.6. The molecular formula is C15H11N3O4. The number of fused-ring (bicyclic) bond motifs is 1. The lowest BCUT2D eigenvalue weighted by atomic mass is 10.1. The highest BCUT2D eigenvalue weighted by molar-refractivity contribution is 5.81. The van der Waals surface area contributed by atoms with Gasteiger partial charge in [-0.1, -0.05) is 24.3 Å². The van der Waals surface area contributed by atoms with Crippen LogP contribution in [0.5, 0.6) is 0 Å². The lowest BCUT2D eigenvalue weighted by molar-refractivity contribution is -0.383. The third-order valence-corrected chi connectivity index (χ3v) is 3.21. The quantitative estimate of drug-likeness (QED) is 0.589. The highest BCUT2D eigenvalue weighted by Crippen LogP contribution is 2.26. The molecule has 2 aromatic carbocycles. The van der Waals surface area contributed by atoms with Crippen molar-refractivity contribution in [1.82, 2.24) is 4.98 Å². The Labute approximate surface area is 124 Å². The van der Waals surface area contributed by atoms with Crippen molar-refractivity contribution in [2.24, 2.45) is 0 Å². The molecule has 0 spiro atoms. The Morgan fingerprint density at radius 3 is 2.73 bits per heavy atom. The largest absolute Gasteiger partial charge is 0.388 e. The summed E-state index contributed by atoms with van der Waals surface area (Å²) in [6.07, 6.45) is 0. The number of aromatic nitrogens is 1. The molecule has 0 fully saturated rings. The topological polar surface area (TPSA) is 98.3 Å². The highest BCUT2D eigenvalue weighted by atomic mass is 16.6. The van der Waals surface area contributed by atoms with Crippen LogP contribution >= 0.6 is 0 Å². The number of benzene rings is 2. The Bertz CT molecular complexity index is 933. The number of hydrogen-bond acceptors (Lipinski definition) is 6. The van der Waals surface area contributed by atoms with Crippen LogP contribution in [0, 0.1) is 17.0 Å². The van der Waals surface area contributed by atoms with Crippen molar-refractivity contribution in [3.05, 3.63) is 68.6 Å². The second-order valence-corrected chi connectivity index (χ2v) is 4.67. The molecule has 7 nitrogen and oxygen atoms in total. The van der Waals surface area contributed by atoms with Gasteiger partial charge in [0.05, 0.1) is 15.8 Å². The molecule has 1 aromatic heterocycles. The molecule has 110 valence electrons. The molecule has 0 radical (unpaired) electrons. The van der Waals surface area contributed by atoms with Gasteiger partial charge in [0.1, 0.15) is 5.69 Å². The maximum atomic E-state index is 12.0. The molecule has 0 amide bonds. The zero-order valence-electron chi connectivity index (χ0n) is 11.6. The molecule has 3 rings (SSSR count). The number of hydrogen-bond donors (Lipinski definition) is 1. The predicted octanol–water partition coefficient (Wildman–Crippen LogP) is 3.15. The lowest BCUT2D eigenvalue weighted by Crippen LogP contribution is -2.07. The first-order valence-corrected chi connectivity index (χ1v) is 6.47. The maximum Gasteiger partial charge on any atom is 0.348 e. The highest BCUT2D eigenvalue weighted by Gasteiger charge is 2.15. The molecule has 1 N–H and O–H groups in total. The second-order valence-electron chi connectivity index (χ2n) is 4.67. The molecule has 0 aliphatic carbocycles. The molecular weight excluding hydrogens is 286 g/mol. The van der Waals surface area contributed by atoms with Crippen LogP contribution in [0.2, 0.25) is 0 Å². The summed E-state index contributed by atoms with van der Waals surface area (Å²) in [6.45, 7) is 1.79. The van der Waals surface area contributed by atoms with E-state index >= 15 is 0 Å². The minimum atomic E-state index is -0.538. The molecule has 7 heteroatoms. The summed E-state index contributed by atoms with van der Waals surface area (Å²) in [7, 11) is 0. The molecule has 0 unspecified atom stereocenters. The van der Waals surface area contributed by atoms with Crippen LogP contribution in [-0.4, -0.2) is 9.91 Å². The van der Waals surface area contributed by atoms with E-state index in [0.717, 1.165) is 5.56 Å². The van der Waals surface area contributed by atoms with Gasteiger partial charge >= 0.3 is 11.6 Å². The molecule has 3 aromatic rings. The molecule has 0 saturated carbocycles. The van der Waals surface area contributed by atoms with Crippen LogP contribution in [0.15, 0.2) is 51.7 Å². The lowest BCUT2D eigenvalue weighted by Gasteiger charge is -2.06. The van der Waals surface area contributed by atoms with Gasteiger partial charge in [-0.15, -0.1) is 0 Å². The SMILES string of the molecule is Cc1cccc2nc(Nc3ccccc3[N+](=O)[O-])oc(=O)c12. The van der Waals surface area contributed by atoms with Crippen LogP contribution in [0.25, 0.3) is 10.9 Å². The average Bonchev–Trinajstić information content (AvgIpc) is 2.47. The van der Waals surface area contributed by atoms with Crippen molar-refractivity contribution >= 4 is 28.3 Å². The van der Waals surface area contributed by atoms with E-state index in [1.54, 1.807) is 37.3 Å². The van der Waals surface area contributed by atoms with Gasteiger partial charge in [-0.3, -0.25) is 10.1 Å². The number of nitrogens with one attached hydrogen (secondary N) is 1. The minimum absolute atomic E-state index is 0.0857. The standard InChI is InChI=1S/C15H11N3O4/c1-9-5-4-7-11-13(9)14(19)22-15(17-11)16-10-6-2-3-8-12(10)18(20)21/h2-8H,1H3,(H,16,17). The third kappa shape index (κ3) is 2.39. The molecule has 0 aliphatic rings. The number of nitro benzene ring substituents is 1. The number of aryl methyl sites for hydroxylation is 1. The van der Waals surface area contributed by atoms with E-state index in [-0.39, 0.29) is 17.4 Å². The Hall–Kier alpha value is -3.22. The second kappa shape index (κ2) is 5.28. The van der Waals surface area contributed by atoms with E-state index in [4.69, 9.17) is 4.42 Å². The zero-order chi connectivity index (χ0) is 15.7. The van der Waals surface area contributed by atoms with Crippen LogP contribution in [0.3, 0.4) is 0 Å². The summed E-state index contributed by atoms with van der Waals surface area (Å²) in [5.74, 6) is 0. The van der Waals surface area contributed by atoms with Gasteiger partial charge in [0.15, 0.2) is 0 Å². The molecule has 0 saturated heterocycles. The predicted molar refractivity (Wildman–Crippen MR) is 81.4 cm³/mol. The van der Waals surface area contributed by atoms with E-state index in [1.807, 2.05) is 0 Å². The fourth-order valence-electron chi connectivity index (χ4n) is 2.19. The molecule has 0 aliphatic heterocycles. The fraction of sp³-hybridized carbons (Fsp3) is 0.0667. The molecule has 0 bridgehead atoms. The Balaban J connectivity index is 2.10. The van der Waals surface area contributed by atoms with Gasteiger partial charge in [0, 0.05) is 6.07 Å². The summed E-state index contributed by atoms with van der Waals surface area (Å²) >= 11 is 0. The van der Waals surface area contributed by atoms with Crippen LogP contribution in [0.4, 0.5) is 17.4 Å². The van der Waals surface area contributed by atoms with Gasteiger partial charge in [-0.2, -0.15) is 4.98 Å². The summed E-state index contributed by atoms with van der Waals surface area (Å²) in [5, 5.41) is 14.1. The molecule has 22 heavy (non-hydrogen) atoms. The van der Waals surface area contributed by atoms with E-state index in [0.29, 0.717) is 10.9 Å². The van der Waals surface area contributed by atoms with E-state index in [9.17, 15) is 14.9 Å². The normalized spacial score (nSPS) is 10.6. The summed E-state index contributed by atoms with van der Waals surface area (Å²) < 4.78 is 5.11. The Kier molecular flexibility index (Phi) is 3.30. The summed E-state index contributed by atoms with van der Waals surface area (Å²) in [5.41, 5.74) is 0.768. The smallest absolute Gasteiger partial charge is 0.348 e. The van der Waals surface area contributed by atoms with Gasteiger partial charge in [-0.25, -0.2) is 4.79 Å². The minimum Gasteiger partial charge on any atom is -0.388 e. The Morgan fingerprint density at radius 1 is 1.18 bits per heavy atom. The first-order valence-electron chi connectivity index (χ1n) is 6.47. The van der Waals surface area contributed by atoms with Crippen molar-refractivity contribution in [3.63, 3.8) is 0 Å². The Morgan fingerprint density at radius 2 is 1.95 bits per heavy atom. The van der Waals surface area contributed by atoms with E-state index in [1.165, 1.54) is 12.1 Å². The van der Waals surface area contributed by atoms with Crippen molar-refractivity contribution in [1.29, 1.82) is 0 Å². The molecule has 1 heterocycles. The van der Waals surface area contributed by atoms with Gasteiger partial charge in [0.25, 0.3) is 5.69 Å². The number of rotatable bonds is 3. The summed E-state index contributed by atoms with van der Waals surface area (Å²) in [6, 6.07) is 11.2. The van der Waals surface area contributed by atoms with Crippen molar-refractivity contribution in [2.45, 2.75) is 6.92 Å². The van der Waals surface area contributed by atoms with Crippen molar-refractivity contribution in [3.8, 4) is 0 Å². The zero-order valence-corrected chi connectivity index (χ0v) is 11.6. The third-order valence-electron chi connectivity index (χ3n) is 3.21. The van der Waals surface area contributed by atoms with Crippen molar-refractivity contribution < 1.29 is 9.34 Å². The average molecular weight is 297 g/mol. The first kappa shape index (κ1) is 13.7. The fourth-order valence-corrected chi connectivity index (χ4v) is 2.19. The number of para-hydroxylation sites is 2. The van der Waals surface area contributed by atoms with Crippen LogP contribution in [0.1, 0.15) is 5.56 Å². The van der Waals surface area contributed by atoms with Gasteiger partial charge in [-0.05, 0) is 24.6 Å². The van der Waals surface area contributed by atoms with Crippen LogP contribution < -0.4 is 10.9 Å². The summed E-state index contributed by atoms with van der Waals surface area (Å²) in [4.78, 5) is 26.7. The number of nitrogens with zero attached hydrogens (tertiary/aromatic N) is 2. The van der Waals surface area contributed by atoms with Gasteiger partial charge < -0.3 is 9.73 Å².